The van der Waals surface area contributed by atoms with E-state index in [0.717, 1.165) is 41.5 Å². The first kappa shape index (κ1) is 37.2. The molecule has 1 fully saturated rings. The highest BCUT2D eigenvalue weighted by atomic mass is 32.2. The quantitative estimate of drug-likeness (QED) is 0.0949. The average Bonchev–Trinajstić information content (AvgIpc) is 3.12. The van der Waals surface area contributed by atoms with Crippen molar-refractivity contribution in [1.82, 2.24) is 4.90 Å². The number of hydrogen-bond donors (Lipinski definition) is 1. The van der Waals surface area contributed by atoms with E-state index in [1.54, 1.807) is 17.9 Å². The zero-order valence-corrected chi connectivity index (χ0v) is 30.4. The lowest BCUT2D eigenvalue weighted by Crippen LogP contribution is -2.42. The Kier molecular flexibility index (Phi) is 13.0. The number of esters is 1. The van der Waals surface area contributed by atoms with Crippen LogP contribution in [0.15, 0.2) is 97.1 Å². The molecule has 0 saturated carbocycles. The second-order valence-corrected chi connectivity index (χ2v) is 14.5. The molecule has 1 unspecified atom stereocenters. The Balaban J connectivity index is 1.16. The molecule has 1 heterocycles. The van der Waals surface area contributed by atoms with Crippen LogP contribution in [0.25, 0.3) is 0 Å². The number of carbonyl (C=O) groups excluding carboxylic acids is 2. The number of nitrogens with zero attached hydrogens (tertiary/aromatic N) is 2. The summed E-state index contributed by atoms with van der Waals surface area (Å²) >= 11 is 0. The van der Waals surface area contributed by atoms with Crippen molar-refractivity contribution < 1.29 is 32.2 Å². The van der Waals surface area contributed by atoms with Crippen molar-refractivity contribution in [3.05, 3.63) is 114 Å². The van der Waals surface area contributed by atoms with Gasteiger partial charge in [-0.25, -0.2) is 8.42 Å². The van der Waals surface area contributed by atoms with Gasteiger partial charge >= 0.3 is 5.97 Å². The second kappa shape index (κ2) is 17.8. The van der Waals surface area contributed by atoms with Crippen LogP contribution in [-0.4, -0.2) is 57.8 Å². The predicted molar refractivity (Wildman–Crippen MR) is 200 cm³/mol. The lowest BCUT2D eigenvalue weighted by Gasteiger charge is -2.31. The molecule has 0 aromatic heterocycles. The molecule has 0 bridgehead atoms. The van der Waals surface area contributed by atoms with Crippen LogP contribution in [0.4, 0.5) is 11.4 Å². The molecule has 1 amide bonds. The maximum atomic E-state index is 12.8. The molecule has 4 aromatic carbocycles. The number of ether oxygens (including phenoxy) is 3. The molecule has 1 aliphatic rings. The Hall–Kier alpha value is -5.03. The van der Waals surface area contributed by atoms with Gasteiger partial charge in [-0.2, -0.15) is 0 Å². The van der Waals surface area contributed by atoms with Crippen LogP contribution in [0, 0.1) is 12.8 Å². The van der Waals surface area contributed by atoms with Crippen molar-refractivity contribution in [2.45, 2.75) is 52.6 Å². The SMILES string of the molecule is CCOC(=O)C1CCCN(C(=O)CCCOc2cccc(Oc3ccc(CN(Cc4ccccc4)c4cccc(NS(C)(=O)=O)c4C)cc3)c2)C1. The molecule has 11 heteroatoms. The number of carbonyl (C=O) groups is 2. The Morgan fingerprint density at radius 1 is 0.882 bits per heavy atom. The lowest BCUT2D eigenvalue weighted by molar-refractivity contribution is -0.151. The van der Waals surface area contributed by atoms with E-state index in [2.05, 4.69) is 21.8 Å². The molecule has 1 aliphatic heterocycles. The minimum absolute atomic E-state index is 0.0314. The van der Waals surface area contributed by atoms with E-state index in [9.17, 15) is 18.0 Å². The zero-order valence-electron chi connectivity index (χ0n) is 29.5. The summed E-state index contributed by atoms with van der Waals surface area (Å²) in [6, 6.07) is 31.1. The molecule has 0 aliphatic carbocycles. The normalized spacial score (nSPS) is 14.4. The monoisotopic (exact) mass is 713 g/mol. The Labute approximate surface area is 301 Å². The van der Waals surface area contributed by atoms with Crippen molar-refractivity contribution in [3.63, 3.8) is 0 Å². The molecule has 0 spiro atoms. The number of amides is 1. The third-order valence-corrected chi connectivity index (χ3v) is 9.28. The molecule has 10 nitrogen and oxygen atoms in total. The standard InChI is InChI=1S/C40H47N3O7S/c1-4-48-40(45)33-14-10-24-42(29-33)39(44)19-11-25-49-35-15-8-16-36(26-35)50-34-22-20-32(21-23-34)28-43(27-31-12-6-5-7-13-31)38-18-9-17-37(30(38)2)41-51(3,46)47/h5-9,12-13,15-18,20-23,26,33,41H,4,10-11,14,19,24-25,27-29H2,1-3H3. The summed E-state index contributed by atoms with van der Waals surface area (Å²) in [5, 5.41) is 0. The molecule has 1 atom stereocenters. The number of piperidine rings is 1. The van der Waals surface area contributed by atoms with Crippen LogP contribution in [0.2, 0.25) is 0 Å². The van der Waals surface area contributed by atoms with Gasteiger partial charge in [0.05, 0.1) is 31.1 Å². The van der Waals surface area contributed by atoms with E-state index in [0.29, 0.717) is 75.2 Å². The molecular formula is C40H47N3O7S. The van der Waals surface area contributed by atoms with Gasteiger partial charge in [-0.05, 0) is 86.2 Å². The minimum Gasteiger partial charge on any atom is -0.493 e. The summed E-state index contributed by atoms with van der Waals surface area (Å²) in [7, 11) is -3.43. The molecule has 1 N–H and O–H groups in total. The van der Waals surface area contributed by atoms with E-state index in [1.165, 1.54) is 0 Å². The second-order valence-electron chi connectivity index (χ2n) is 12.8. The van der Waals surface area contributed by atoms with Crippen LogP contribution in [0.1, 0.15) is 49.3 Å². The third kappa shape index (κ3) is 11.2. The van der Waals surface area contributed by atoms with E-state index in [1.807, 2.05) is 85.8 Å². The van der Waals surface area contributed by atoms with Crippen molar-refractivity contribution in [2.75, 3.05) is 42.2 Å². The van der Waals surface area contributed by atoms with Gasteiger partial charge in [0.1, 0.15) is 17.2 Å². The van der Waals surface area contributed by atoms with Crippen molar-refractivity contribution in [1.29, 1.82) is 0 Å². The molecular weight excluding hydrogens is 667 g/mol. The number of hydrogen-bond acceptors (Lipinski definition) is 8. The fourth-order valence-electron chi connectivity index (χ4n) is 6.18. The van der Waals surface area contributed by atoms with E-state index in [4.69, 9.17) is 14.2 Å². The van der Waals surface area contributed by atoms with E-state index in [-0.39, 0.29) is 17.8 Å². The van der Waals surface area contributed by atoms with Crippen LogP contribution < -0.4 is 19.1 Å². The minimum atomic E-state index is -3.43. The van der Waals surface area contributed by atoms with Crippen molar-refractivity contribution in [2.24, 2.45) is 5.92 Å². The van der Waals surface area contributed by atoms with Gasteiger partial charge in [-0.15, -0.1) is 0 Å². The van der Waals surface area contributed by atoms with Gasteiger partial charge in [-0.3, -0.25) is 14.3 Å². The molecule has 4 aromatic rings. The summed E-state index contributed by atoms with van der Waals surface area (Å²) in [6.07, 6.45) is 3.62. The first-order valence-electron chi connectivity index (χ1n) is 17.4. The molecule has 5 rings (SSSR count). The summed E-state index contributed by atoms with van der Waals surface area (Å²) in [5.74, 6) is 1.52. The highest BCUT2D eigenvalue weighted by molar-refractivity contribution is 7.92. The summed E-state index contributed by atoms with van der Waals surface area (Å²) in [6.45, 7) is 6.76. The zero-order chi connectivity index (χ0) is 36.2. The number of nitrogens with one attached hydrogen (secondary N) is 1. The van der Waals surface area contributed by atoms with Gasteiger partial charge < -0.3 is 24.0 Å². The first-order chi connectivity index (χ1) is 24.6. The maximum Gasteiger partial charge on any atom is 0.310 e. The van der Waals surface area contributed by atoms with Gasteiger partial charge in [0, 0.05) is 44.4 Å². The molecule has 1 saturated heterocycles. The van der Waals surface area contributed by atoms with Gasteiger partial charge in [0.15, 0.2) is 0 Å². The van der Waals surface area contributed by atoms with Crippen LogP contribution in [0.3, 0.4) is 0 Å². The number of sulfonamides is 1. The number of likely N-dealkylation sites (tertiary alicyclic amines) is 1. The Morgan fingerprint density at radius 3 is 2.31 bits per heavy atom. The highest BCUT2D eigenvalue weighted by Crippen LogP contribution is 2.31. The first-order valence-corrected chi connectivity index (χ1v) is 19.3. The number of benzene rings is 4. The van der Waals surface area contributed by atoms with Crippen LogP contribution in [0.5, 0.6) is 17.2 Å². The van der Waals surface area contributed by atoms with Crippen LogP contribution >= 0.6 is 0 Å². The largest absolute Gasteiger partial charge is 0.493 e. The predicted octanol–water partition coefficient (Wildman–Crippen LogP) is 7.33. The van der Waals surface area contributed by atoms with E-state index >= 15 is 0 Å². The molecule has 51 heavy (non-hydrogen) atoms. The third-order valence-electron chi connectivity index (χ3n) is 8.69. The smallest absolute Gasteiger partial charge is 0.310 e. The number of rotatable bonds is 16. The topological polar surface area (TPSA) is 114 Å². The Morgan fingerprint density at radius 2 is 1.59 bits per heavy atom. The lowest BCUT2D eigenvalue weighted by atomic mass is 9.98. The average molecular weight is 714 g/mol. The fourth-order valence-corrected chi connectivity index (χ4v) is 6.80. The van der Waals surface area contributed by atoms with Crippen molar-refractivity contribution in [3.8, 4) is 17.2 Å². The maximum absolute atomic E-state index is 12.8. The Bertz CT molecular complexity index is 1870. The number of anilines is 2. The summed E-state index contributed by atoms with van der Waals surface area (Å²) < 4.78 is 43.9. The van der Waals surface area contributed by atoms with Crippen LogP contribution in [-0.2, 0) is 37.4 Å². The summed E-state index contributed by atoms with van der Waals surface area (Å²) in [4.78, 5) is 28.9. The van der Waals surface area contributed by atoms with E-state index < -0.39 is 10.0 Å². The molecule has 0 radical (unpaired) electrons. The van der Waals surface area contributed by atoms with Gasteiger partial charge in [0.25, 0.3) is 0 Å². The molecule has 270 valence electrons. The van der Waals surface area contributed by atoms with Crippen molar-refractivity contribution >= 4 is 33.3 Å². The van der Waals surface area contributed by atoms with Gasteiger partial charge in [0.2, 0.25) is 15.9 Å². The summed E-state index contributed by atoms with van der Waals surface area (Å²) in [5.41, 5.74) is 4.53. The fraction of sp³-hybridized carbons (Fsp3) is 0.350. The van der Waals surface area contributed by atoms with Gasteiger partial charge in [-0.1, -0.05) is 54.6 Å². The highest BCUT2D eigenvalue weighted by Gasteiger charge is 2.29.